The summed E-state index contributed by atoms with van der Waals surface area (Å²) in [5, 5.41) is 8.10. The van der Waals surface area contributed by atoms with Crippen LogP contribution in [-0.2, 0) is 4.84 Å². The first-order chi connectivity index (χ1) is 14.6. The van der Waals surface area contributed by atoms with Crippen LogP contribution in [0, 0.1) is 6.92 Å². The molecule has 1 fully saturated rings. The van der Waals surface area contributed by atoms with Crippen LogP contribution in [0.15, 0.2) is 59.1 Å². The highest BCUT2D eigenvalue weighted by Crippen LogP contribution is 2.18. The molecule has 154 valence electrons. The van der Waals surface area contributed by atoms with Crippen LogP contribution in [0.25, 0.3) is 11.4 Å². The zero-order valence-electron chi connectivity index (χ0n) is 16.4. The number of rotatable bonds is 4. The number of para-hydroxylation sites is 1. The predicted molar refractivity (Wildman–Crippen MR) is 108 cm³/mol. The Bertz CT molecular complexity index is 1010. The molecule has 3 aromatic rings. The molecule has 9 nitrogen and oxygen atoms in total. The molecule has 1 saturated heterocycles. The lowest BCUT2D eigenvalue weighted by Crippen LogP contribution is -2.49. The number of piperazine rings is 1. The maximum Gasteiger partial charge on any atom is 0.430 e. The van der Waals surface area contributed by atoms with E-state index in [0.717, 1.165) is 5.56 Å². The zero-order valence-corrected chi connectivity index (χ0v) is 16.4. The third-order valence-corrected chi connectivity index (χ3v) is 4.68. The van der Waals surface area contributed by atoms with Gasteiger partial charge in [-0.2, -0.15) is 4.98 Å². The van der Waals surface area contributed by atoms with Gasteiger partial charge in [-0.15, -0.1) is 5.06 Å². The Morgan fingerprint density at radius 2 is 1.70 bits per heavy atom. The van der Waals surface area contributed by atoms with E-state index in [-0.39, 0.29) is 5.91 Å². The van der Waals surface area contributed by atoms with Crippen LogP contribution in [-0.4, -0.2) is 58.3 Å². The first-order valence-corrected chi connectivity index (χ1v) is 9.57. The summed E-state index contributed by atoms with van der Waals surface area (Å²) in [6, 6.07) is 16.2. The van der Waals surface area contributed by atoms with E-state index < -0.39 is 6.09 Å². The van der Waals surface area contributed by atoms with Gasteiger partial charge in [0.2, 0.25) is 11.7 Å². The van der Waals surface area contributed by atoms with Crippen molar-refractivity contribution in [2.24, 2.45) is 0 Å². The molecule has 1 aliphatic heterocycles. The smallest absolute Gasteiger partial charge is 0.351 e. The third kappa shape index (κ3) is 4.64. The monoisotopic (exact) mass is 407 g/mol. The van der Waals surface area contributed by atoms with Gasteiger partial charge in [-0.05, 0) is 24.3 Å². The molecular weight excluding hydrogens is 386 g/mol. The number of hydroxylamine groups is 2. The normalized spacial score (nSPS) is 14.4. The molecule has 0 spiro atoms. The van der Waals surface area contributed by atoms with Crippen molar-refractivity contribution in [3.8, 4) is 11.4 Å². The molecule has 1 N–H and O–H groups in total. The minimum Gasteiger partial charge on any atom is -0.351 e. The Morgan fingerprint density at radius 1 is 1.00 bits per heavy atom. The van der Waals surface area contributed by atoms with Gasteiger partial charge in [0.15, 0.2) is 0 Å². The predicted octanol–water partition coefficient (Wildman–Crippen LogP) is 2.97. The highest BCUT2D eigenvalue weighted by atomic mass is 16.7. The summed E-state index contributed by atoms with van der Waals surface area (Å²) in [6.45, 7) is 3.53. The number of aryl methyl sites for hydroxylation is 1. The van der Waals surface area contributed by atoms with Gasteiger partial charge in [0.05, 0.1) is 13.1 Å². The van der Waals surface area contributed by atoms with Gasteiger partial charge in [0.25, 0.3) is 5.91 Å². The third-order valence-electron chi connectivity index (χ3n) is 4.68. The summed E-state index contributed by atoms with van der Waals surface area (Å²) in [4.78, 5) is 36.0. The van der Waals surface area contributed by atoms with Crippen LogP contribution in [0.5, 0.6) is 0 Å². The number of benzene rings is 2. The molecule has 0 unspecified atom stereocenters. The standard InChI is InChI=1S/C21H21N5O4/c1-15-22-19(24-29-15)16-7-9-17(10-8-16)20(27)25-11-13-26(14-12-25)30-21(28)23-18-5-3-2-4-6-18/h2-10H,11-14H2,1H3,(H,23,28). The molecule has 2 aromatic carbocycles. The Kier molecular flexibility index (Phi) is 5.71. The molecule has 0 saturated carbocycles. The number of nitrogens with one attached hydrogen (secondary N) is 1. The van der Waals surface area contributed by atoms with Gasteiger partial charge in [-0.3, -0.25) is 10.1 Å². The van der Waals surface area contributed by atoms with Crippen molar-refractivity contribution in [3.05, 3.63) is 66.1 Å². The van der Waals surface area contributed by atoms with E-state index in [1.165, 1.54) is 0 Å². The Hall–Kier alpha value is -3.72. The summed E-state index contributed by atoms with van der Waals surface area (Å²) >= 11 is 0. The quantitative estimate of drug-likeness (QED) is 0.709. The van der Waals surface area contributed by atoms with Crippen molar-refractivity contribution in [1.82, 2.24) is 20.1 Å². The molecule has 4 rings (SSSR count). The lowest BCUT2D eigenvalue weighted by Gasteiger charge is -2.33. The molecule has 0 bridgehead atoms. The van der Waals surface area contributed by atoms with Crippen LogP contribution in [0.1, 0.15) is 16.2 Å². The van der Waals surface area contributed by atoms with Gasteiger partial charge in [-0.1, -0.05) is 35.5 Å². The van der Waals surface area contributed by atoms with Gasteiger partial charge < -0.3 is 14.3 Å². The summed E-state index contributed by atoms with van der Waals surface area (Å²) < 4.78 is 4.98. The Balaban J connectivity index is 1.28. The number of nitrogens with zero attached hydrogens (tertiary/aromatic N) is 4. The van der Waals surface area contributed by atoms with Gasteiger partial charge >= 0.3 is 6.09 Å². The van der Waals surface area contributed by atoms with Crippen LogP contribution in [0.3, 0.4) is 0 Å². The molecule has 30 heavy (non-hydrogen) atoms. The van der Waals surface area contributed by atoms with Gasteiger partial charge in [-0.25, -0.2) is 4.79 Å². The van der Waals surface area contributed by atoms with E-state index in [2.05, 4.69) is 15.5 Å². The second kappa shape index (κ2) is 8.75. The lowest BCUT2D eigenvalue weighted by molar-refractivity contribution is -0.113. The topological polar surface area (TPSA) is 101 Å². The first-order valence-electron chi connectivity index (χ1n) is 9.57. The van der Waals surface area contributed by atoms with Crippen molar-refractivity contribution in [3.63, 3.8) is 0 Å². The molecular formula is C21H21N5O4. The van der Waals surface area contributed by atoms with Crippen LogP contribution in [0.2, 0.25) is 0 Å². The Labute approximate surface area is 173 Å². The maximum atomic E-state index is 12.8. The molecule has 9 heteroatoms. The number of carbonyl (C=O) groups excluding carboxylic acids is 2. The van der Waals surface area contributed by atoms with Crippen molar-refractivity contribution >= 4 is 17.7 Å². The van der Waals surface area contributed by atoms with Crippen LogP contribution < -0.4 is 5.32 Å². The Morgan fingerprint density at radius 3 is 2.33 bits per heavy atom. The number of hydrogen-bond donors (Lipinski definition) is 1. The minimum atomic E-state index is -0.548. The number of carbonyl (C=O) groups is 2. The fraction of sp³-hybridized carbons (Fsp3) is 0.238. The van der Waals surface area contributed by atoms with Gasteiger partial charge in [0.1, 0.15) is 0 Å². The van der Waals surface area contributed by atoms with E-state index in [9.17, 15) is 9.59 Å². The molecule has 2 heterocycles. The van der Waals surface area contributed by atoms with Gasteiger partial charge in [0, 0.05) is 36.8 Å². The van der Waals surface area contributed by atoms with E-state index in [4.69, 9.17) is 9.36 Å². The van der Waals surface area contributed by atoms with Crippen molar-refractivity contribution in [2.45, 2.75) is 6.92 Å². The molecule has 1 aliphatic rings. The minimum absolute atomic E-state index is 0.0702. The highest BCUT2D eigenvalue weighted by molar-refractivity contribution is 5.94. The molecule has 1 aromatic heterocycles. The largest absolute Gasteiger partial charge is 0.430 e. The second-order valence-corrected chi connectivity index (χ2v) is 6.81. The summed E-state index contributed by atoms with van der Waals surface area (Å²) in [5.41, 5.74) is 2.02. The SMILES string of the molecule is Cc1nc(-c2ccc(C(=O)N3CCN(OC(=O)Nc4ccccc4)CC3)cc2)no1. The van der Waals surface area contributed by atoms with Crippen molar-refractivity contribution < 1.29 is 18.9 Å². The molecule has 0 atom stereocenters. The number of aromatic nitrogens is 2. The number of hydrogen-bond acceptors (Lipinski definition) is 7. The average Bonchev–Trinajstić information content (AvgIpc) is 3.21. The molecule has 0 radical (unpaired) electrons. The molecule has 0 aliphatic carbocycles. The van der Waals surface area contributed by atoms with Crippen molar-refractivity contribution in [2.75, 3.05) is 31.5 Å². The number of anilines is 1. The zero-order chi connectivity index (χ0) is 20.9. The van der Waals surface area contributed by atoms with E-state index >= 15 is 0 Å². The van der Waals surface area contributed by atoms with E-state index in [1.54, 1.807) is 53.3 Å². The van der Waals surface area contributed by atoms with E-state index in [0.29, 0.717) is 49.1 Å². The average molecular weight is 407 g/mol. The van der Waals surface area contributed by atoms with E-state index in [1.807, 2.05) is 18.2 Å². The summed E-state index contributed by atoms with van der Waals surface area (Å²) in [6.07, 6.45) is -0.548. The number of amides is 2. The fourth-order valence-corrected chi connectivity index (χ4v) is 3.12. The van der Waals surface area contributed by atoms with Crippen LogP contribution in [0.4, 0.5) is 10.5 Å². The maximum absolute atomic E-state index is 12.8. The second-order valence-electron chi connectivity index (χ2n) is 6.81. The van der Waals surface area contributed by atoms with Crippen molar-refractivity contribution in [1.29, 1.82) is 0 Å². The fourth-order valence-electron chi connectivity index (χ4n) is 3.12. The summed E-state index contributed by atoms with van der Waals surface area (Å²) in [5.74, 6) is 0.910. The summed E-state index contributed by atoms with van der Waals surface area (Å²) in [7, 11) is 0. The highest BCUT2D eigenvalue weighted by Gasteiger charge is 2.24. The lowest BCUT2D eigenvalue weighted by atomic mass is 10.1. The first kappa shape index (κ1) is 19.6. The van der Waals surface area contributed by atoms with Crippen LogP contribution >= 0.6 is 0 Å². The molecule has 2 amide bonds.